The van der Waals surface area contributed by atoms with Crippen molar-refractivity contribution in [3.63, 3.8) is 0 Å². The number of carbonyl (C=O) groups is 1. The average molecular weight is 289 g/mol. The van der Waals surface area contributed by atoms with Crippen LogP contribution in [0.2, 0.25) is 5.02 Å². The van der Waals surface area contributed by atoms with Crippen molar-refractivity contribution in [1.29, 1.82) is 0 Å². The second kappa shape index (κ2) is 7.65. The Morgan fingerprint density at radius 1 is 1.05 bits per heavy atom. The van der Waals surface area contributed by atoms with Gasteiger partial charge in [0.05, 0.1) is 0 Å². The van der Waals surface area contributed by atoms with Gasteiger partial charge in [0.2, 0.25) is 0 Å². The first-order valence-corrected chi connectivity index (χ1v) is 7.06. The fraction of sp³-hybridized carbons (Fsp3) is 0.250. The quantitative estimate of drug-likeness (QED) is 0.827. The minimum Gasteiger partial charge on any atom is -0.352 e. The molecule has 20 heavy (non-hydrogen) atoms. The van der Waals surface area contributed by atoms with Crippen LogP contribution in [0.5, 0.6) is 0 Å². The monoisotopic (exact) mass is 288 g/mol. The molecular weight excluding hydrogens is 272 g/mol. The van der Waals surface area contributed by atoms with Crippen LogP contribution < -0.4 is 5.32 Å². The highest BCUT2D eigenvalue weighted by molar-refractivity contribution is 6.30. The molecule has 3 nitrogen and oxygen atoms in total. The van der Waals surface area contributed by atoms with Crippen LogP contribution >= 0.6 is 11.6 Å². The van der Waals surface area contributed by atoms with E-state index in [0.717, 1.165) is 24.3 Å². The van der Waals surface area contributed by atoms with Crippen LogP contribution in [0.15, 0.2) is 48.8 Å². The van der Waals surface area contributed by atoms with Gasteiger partial charge in [-0.1, -0.05) is 23.7 Å². The maximum absolute atomic E-state index is 11.8. The largest absolute Gasteiger partial charge is 0.352 e. The normalized spacial score (nSPS) is 10.2. The molecule has 0 saturated heterocycles. The topological polar surface area (TPSA) is 42.0 Å². The summed E-state index contributed by atoms with van der Waals surface area (Å²) in [5.41, 5.74) is 1.92. The summed E-state index contributed by atoms with van der Waals surface area (Å²) in [6, 6.07) is 11.3. The van der Waals surface area contributed by atoms with Crippen molar-refractivity contribution in [3.8, 4) is 0 Å². The zero-order valence-corrected chi connectivity index (χ0v) is 11.9. The van der Waals surface area contributed by atoms with E-state index in [0.29, 0.717) is 12.1 Å². The molecule has 4 heteroatoms. The summed E-state index contributed by atoms with van der Waals surface area (Å²) in [4.78, 5) is 15.6. The fourth-order valence-electron chi connectivity index (χ4n) is 1.91. The zero-order chi connectivity index (χ0) is 14.2. The third-order valence-corrected chi connectivity index (χ3v) is 3.29. The lowest BCUT2D eigenvalue weighted by Crippen LogP contribution is -2.24. The number of aryl methyl sites for hydroxylation is 1. The van der Waals surface area contributed by atoms with Crippen molar-refractivity contribution >= 4 is 17.5 Å². The first-order chi connectivity index (χ1) is 9.75. The van der Waals surface area contributed by atoms with E-state index in [2.05, 4.69) is 10.3 Å². The van der Waals surface area contributed by atoms with Crippen LogP contribution in [-0.2, 0) is 6.42 Å². The number of rotatable bonds is 6. The first kappa shape index (κ1) is 14.5. The molecule has 2 aromatic rings. The highest BCUT2D eigenvalue weighted by Crippen LogP contribution is 2.11. The Labute approximate surface area is 124 Å². The third kappa shape index (κ3) is 4.67. The minimum atomic E-state index is -0.0427. The van der Waals surface area contributed by atoms with E-state index in [1.165, 1.54) is 5.56 Å². The zero-order valence-electron chi connectivity index (χ0n) is 11.2. The number of hydrogen-bond donors (Lipinski definition) is 1. The molecule has 1 amide bonds. The molecule has 1 heterocycles. The Kier molecular flexibility index (Phi) is 5.56. The lowest BCUT2D eigenvalue weighted by molar-refractivity contribution is 0.0953. The number of aromatic nitrogens is 1. The van der Waals surface area contributed by atoms with Crippen LogP contribution in [0.4, 0.5) is 0 Å². The smallest absolute Gasteiger partial charge is 0.251 e. The van der Waals surface area contributed by atoms with Crippen LogP contribution in [-0.4, -0.2) is 17.4 Å². The Bertz CT molecular complexity index is 540. The number of nitrogens with zero attached hydrogens (tertiary/aromatic N) is 1. The molecule has 0 aliphatic heterocycles. The minimum absolute atomic E-state index is 0.0427. The van der Waals surface area contributed by atoms with Crippen molar-refractivity contribution in [2.75, 3.05) is 6.54 Å². The van der Waals surface area contributed by atoms with Gasteiger partial charge in [0.15, 0.2) is 0 Å². The predicted octanol–water partition coefficient (Wildman–Crippen LogP) is 3.49. The Hall–Kier alpha value is -1.87. The van der Waals surface area contributed by atoms with Crippen molar-refractivity contribution in [3.05, 3.63) is 64.9 Å². The summed E-state index contributed by atoms with van der Waals surface area (Å²) in [5, 5.41) is 3.67. The number of amides is 1. The number of carbonyl (C=O) groups excluding carboxylic acids is 1. The first-order valence-electron chi connectivity index (χ1n) is 6.68. The molecule has 0 unspecified atom stereocenters. The molecule has 0 atom stereocenters. The van der Waals surface area contributed by atoms with E-state index in [1.807, 2.05) is 24.3 Å². The van der Waals surface area contributed by atoms with Gasteiger partial charge in [-0.15, -0.1) is 0 Å². The SMILES string of the molecule is O=C(NCCCCc1ccc(Cl)cc1)c1ccncc1. The second-order valence-corrected chi connectivity index (χ2v) is 5.01. The fourth-order valence-corrected chi connectivity index (χ4v) is 2.04. The molecule has 0 aliphatic rings. The molecule has 104 valence electrons. The van der Waals surface area contributed by atoms with Crippen molar-refractivity contribution in [1.82, 2.24) is 10.3 Å². The van der Waals surface area contributed by atoms with E-state index in [1.54, 1.807) is 24.5 Å². The molecular formula is C16H17ClN2O. The van der Waals surface area contributed by atoms with Crippen LogP contribution in [0, 0.1) is 0 Å². The summed E-state index contributed by atoms with van der Waals surface area (Å²) in [7, 11) is 0. The van der Waals surface area contributed by atoms with Gasteiger partial charge < -0.3 is 5.32 Å². The van der Waals surface area contributed by atoms with Gasteiger partial charge in [0.25, 0.3) is 5.91 Å². The average Bonchev–Trinajstić information content (AvgIpc) is 2.49. The van der Waals surface area contributed by atoms with Crippen LogP contribution in [0.25, 0.3) is 0 Å². The van der Waals surface area contributed by atoms with Gasteiger partial charge in [0.1, 0.15) is 0 Å². The van der Waals surface area contributed by atoms with Gasteiger partial charge in [-0.05, 0) is 49.1 Å². The standard InChI is InChI=1S/C16H17ClN2O/c17-15-6-4-13(5-7-15)3-1-2-10-19-16(20)14-8-11-18-12-9-14/h4-9,11-12H,1-3,10H2,(H,19,20). The predicted molar refractivity (Wildman–Crippen MR) is 81.0 cm³/mol. The number of nitrogens with one attached hydrogen (secondary N) is 1. The second-order valence-electron chi connectivity index (χ2n) is 4.58. The number of pyridine rings is 1. The van der Waals surface area contributed by atoms with Gasteiger partial charge >= 0.3 is 0 Å². The Morgan fingerprint density at radius 3 is 2.45 bits per heavy atom. The molecule has 0 saturated carbocycles. The van der Waals surface area contributed by atoms with Crippen LogP contribution in [0.3, 0.4) is 0 Å². The number of benzene rings is 1. The highest BCUT2D eigenvalue weighted by atomic mass is 35.5. The Balaban J connectivity index is 1.64. The van der Waals surface area contributed by atoms with Gasteiger partial charge in [-0.3, -0.25) is 9.78 Å². The van der Waals surface area contributed by atoms with E-state index in [4.69, 9.17) is 11.6 Å². The molecule has 1 N–H and O–H groups in total. The van der Waals surface area contributed by atoms with Crippen molar-refractivity contribution in [2.45, 2.75) is 19.3 Å². The van der Waals surface area contributed by atoms with Gasteiger partial charge in [0, 0.05) is 29.5 Å². The van der Waals surface area contributed by atoms with Gasteiger partial charge in [-0.2, -0.15) is 0 Å². The van der Waals surface area contributed by atoms with E-state index in [-0.39, 0.29) is 5.91 Å². The van der Waals surface area contributed by atoms with Gasteiger partial charge in [-0.25, -0.2) is 0 Å². The Morgan fingerprint density at radius 2 is 1.75 bits per heavy atom. The summed E-state index contributed by atoms with van der Waals surface area (Å²) >= 11 is 5.84. The van der Waals surface area contributed by atoms with Crippen LogP contribution in [0.1, 0.15) is 28.8 Å². The van der Waals surface area contributed by atoms with Crippen molar-refractivity contribution < 1.29 is 4.79 Å². The molecule has 0 radical (unpaired) electrons. The number of unbranched alkanes of at least 4 members (excludes halogenated alkanes) is 1. The molecule has 0 bridgehead atoms. The summed E-state index contributed by atoms with van der Waals surface area (Å²) in [6.07, 6.45) is 6.24. The summed E-state index contributed by atoms with van der Waals surface area (Å²) in [5.74, 6) is -0.0427. The number of hydrogen-bond acceptors (Lipinski definition) is 2. The molecule has 0 aliphatic carbocycles. The molecule has 2 rings (SSSR count). The van der Waals surface area contributed by atoms with E-state index < -0.39 is 0 Å². The summed E-state index contributed by atoms with van der Waals surface area (Å²) in [6.45, 7) is 0.689. The maximum atomic E-state index is 11.8. The highest BCUT2D eigenvalue weighted by Gasteiger charge is 2.03. The number of halogens is 1. The molecule has 0 spiro atoms. The lowest BCUT2D eigenvalue weighted by Gasteiger charge is -2.05. The van der Waals surface area contributed by atoms with Crippen molar-refractivity contribution in [2.24, 2.45) is 0 Å². The maximum Gasteiger partial charge on any atom is 0.251 e. The van der Waals surface area contributed by atoms with E-state index >= 15 is 0 Å². The molecule has 1 aromatic heterocycles. The molecule has 0 fully saturated rings. The third-order valence-electron chi connectivity index (χ3n) is 3.03. The molecule has 1 aromatic carbocycles. The lowest BCUT2D eigenvalue weighted by atomic mass is 10.1. The summed E-state index contributed by atoms with van der Waals surface area (Å²) < 4.78 is 0. The van der Waals surface area contributed by atoms with E-state index in [9.17, 15) is 4.79 Å².